The first-order valence-electron chi connectivity index (χ1n) is 4.55. The average molecular weight is 167 g/mol. The lowest BCUT2D eigenvalue weighted by Crippen LogP contribution is -2.30. The molecule has 2 amide bonds. The Morgan fingerprint density at radius 1 is 1.25 bits per heavy atom. The molecule has 2 rings (SSSR count). The zero-order chi connectivity index (χ0) is 8.72. The molecule has 12 heavy (non-hydrogen) atoms. The van der Waals surface area contributed by atoms with Crippen LogP contribution in [0.25, 0.3) is 0 Å². The summed E-state index contributed by atoms with van der Waals surface area (Å²) in [6, 6.07) is 0. The van der Waals surface area contributed by atoms with Crippen LogP contribution in [-0.4, -0.2) is 11.8 Å². The van der Waals surface area contributed by atoms with Gasteiger partial charge in [0, 0.05) is 5.92 Å². The molecule has 1 N–H and O–H groups in total. The van der Waals surface area contributed by atoms with E-state index in [9.17, 15) is 9.59 Å². The molecule has 2 atom stereocenters. The Morgan fingerprint density at radius 2 is 1.92 bits per heavy atom. The highest BCUT2D eigenvalue weighted by molar-refractivity contribution is 6.05. The molecule has 0 bridgehead atoms. The molecule has 1 aliphatic carbocycles. The molecule has 2 aliphatic rings. The minimum atomic E-state index is -0.0946. The lowest BCUT2D eigenvalue weighted by molar-refractivity contribution is -0.126. The molecular weight excluding hydrogens is 154 g/mol. The number of carbonyl (C=O) groups is 2. The van der Waals surface area contributed by atoms with Gasteiger partial charge in [0.15, 0.2) is 0 Å². The number of carbonyl (C=O) groups excluding carboxylic acids is 2. The van der Waals surface area contributed by atoms with Crippen molar-refractivity contribution < 1.29 is 9.59 Å². The van der Waals surface area contributed by atoms with Crippen molar-refractivity contribution in [3.05, 3.63) is 0 Å². The molecule has 3 heteroatoms. The third-order valence-electron chi connectivity index (χ3n) is 3.16. The summed E-state index contributed by atoms with van der Waals surface area (Å²) in [4.78, 5) is 22.4. The normalized spacial score (nSPS) is 36.4. The first-order chi connectivity index (χ1) is 5.70. The third kappa shape index (κ3) is 0.958. The van der Waals surface area contributed by atoms with E-state index in [1.54, 1.807) is 0 Å². The van der Waals surface area contributed by atoms with Crippen LogP contribution in [0, 0.1) is 17.8 Å². The minimum absolute atomic E-state index is 0.0220. The van der Waals surface area contributed by atoms with Gasteiger partial charge >= 0.3 is 0 Å². The summed E-state index contributed by atoms with van der Waals surface area (Å²) in [6.07, 6.45) is 3.46. The third-order valence-corrected chi connectivity index (χ3v) is 3.16. The Balaban J connectivity index is 2.12. The summed E-state index contributed by atoms with van der Waals surface area (Å²) in [5.41, 5.74) is 0. The molecule has 2 unspecified atom stereocenters. The average Bonchev–Trinajstić information content (AvgIpc) is 2.13. The van der Waals surface area contributed by atoms with Gasteiger partial charge in [-0.25, -0.2) is 0 Å². The van der Waals surface area contributed by atoms with Crippen LogP contribution < -0.4 is 5.32 Å². The highest BCUT2D eigenvalue weighted by atomic mass is 16.2. The summed E-state index contributed by atoms with van der Waals surface area (Å²) >= 11 is 0. The van der Waals surface area contributed by atoms with Gasteiger partial charge in [0.05, 0.1) is 5.92 Å². The predicted molar refractivity (Wildman–Crippen MR) is 43.1 cm³/mol. The van der Waals surface area contributed by atoms with Gasteiger partial charge in [0.25, 0.3) is 0 Å². The van der Waals surface area contributed by atoms with Gasteiger partial charge in [-0.15, -0.1) is 0 Å². The number of nitrogens with one attached hydrogen (secondary N) is 1. The zero-order valence-corrected chi connectivity index (χ0v) is 7.17. The lowest BCUT2D eigenvalue weighted by Gasteiger charge is -2.31. The molecule has 1 aliphatic heterocycles. The van der Waals surface area contributed by atoms with Crippen molar-refractivity contribution in [1.82, 2.24) is 5.32 Å². The van der Waals surface area contributed by atoms with E-state index in [0.29, 0.717) is 5.92 Å². The second-order valence-corrected chi connectivity index (χ2v) is 3.86. The van der Waals surface area contributed by atoms with E-state index in [-0.39, 0.29) is 23.7 Å². The van der Waals surface area contributed by atoms with Crippen LogP contribution in [0.3, 0.4) is 0 Å². The molecular formula is C9H13NO2. The second-order valence-electron chi connectivity index (χ2n) is 3.86. The van der Waals surface area contributed by atoms with Gasteiger partial charge in [0.1, 0.15) is 0 Å². The predicted octanol–water partition coefficient (Wildman–Crippen LogP) is 0.695. The highest BCUT2D eigenvalue weighted by Crippen LogP contribution is 2.39. The van der Waals surface area contributed by atoms with E-state index >= 15 is 0 Å². The fourth-order valence-corrected chi connectivity index (χ4v) is 2.13. The maximum absolute atomic E-state index is 11.3. The Morgan fingerprint density at radius 3 is 2.25 bits per heavy atom. The lowest BCUT2D eigenvalue weighted by atomic mass is 9.72. The number of hydrogen-bond acceptors (Lipinski definition) is 2. The Bertz CT molecular complexity index is 233. The van der Waals surface area contributed by atoms with Crippen LogP contribution in [0.1, 0.15) is 26.2 Å². The van der Waals surface area contributed by atoms with Crippen molar-refractivity contribution in [2.75, 3.05) is 0 Å². The molecule has 1 heterocycles. The summed E-state index contributed by atoms with van der Waals surface area (Å²) < 4.78 is 0. The van der Waals surface area contributed by atoms with E-state index in [2.05, 4.69) is 5.32 Å². The van der Waals surface area contributed by atoms with Crippen LogP contribution in [0.15, 0.2) is 0 Å². The number of rotatable bonds is 1. The van der Waals surface area contributed by atoms with Gasteiger partial charge in [-0.05, 0) is 18.8 Å². The Hall–Kier alpha value is -0.860. The van der Waals surface area contributed by atoms with Gasteiger partial charge in [0.2, 0.25) is 11.8 Å². The van der Waals surface area contributed by atoms with Crippen LogP contribution in [0.4, 0.5) is 0 Å². The van der Waals surface area contributed by atoms with Gasteiger partial charge < -0.3 is 0 Å². The molecule has 66 valence electrons. The summed E-state index contributed by atoms with van der Waals surface area (Å²) in [5.74, 6) is 0.231. The van der Waals surface area contributed by atoms with Crippen LogP contribution in [-0.2, 0) is 9.59 Å². The first-order valence-corrected chi connectivity index (χ1v) is 4.55. The number of amides is 2. The SMILES string of the molecule is CC1C(=O)NC(=O)C1C1CCC1. The summed E-state index contributed by atoms with van der Waals surface area (Å²) in [7, 11) is 0. The molecule has 0 aromatic heterocycles. The maximum Gasteiger partial charge on any atom is 0.230 e. The maximum atomic E-state index is 11.3. The fourth-order valence-electron chi connectivity index (χ4n) is 2.13. The van der Waals surface area contributed by atoms with Gasteiger partial charge in [-0.3, -0.25) is 14.9 Å². The van der Waals surface area contributed by atoms with Crippen molar-refractivity contribution in [1.29, 1.82) is 0 Å². The first kappa shape index (κ1) is 7.77. The largest absolute Gasteiger partial charge is 0.296 e. The smallest absolute Gasteiger partial charge is 0.230 e. The highest BCUT2D eigenvalue weighted by Gasteiger charge is 2.44. The molecule has 3 nitrogen and oxygen atoms in total. The second kappa shape index (κ2) is 2.57. The molecule has 1 saturated carbocycles. The fraction of sp³-hybridized carbons (Fsp3) is 0.778. The Kier molecular flexibility index (Phi) is 1.67. The van der Waals surface area contributed by atoms with E-state index in [1.807, 2.05) is 6.92 Å². The monoisotopic (exact) mass is 167 g/mol. The van der Waals surface area contributed by atoms with Crippen molar-refractivity contribution in [2.45, 2.75) is 26.2 Å². The quantitative estimate of drug-likeness (QED) is 0.584. The van der Waals surface area contributed by atoms with Crippen LogP contribution >= 0.6 is 0 Å². The van der Waals surface area contributed by atoms with Crippen LogP contribution in [0.5, 0.6) is 0 Å². The molecule has 0 spiro atoms. The molecule has 0 aromatic carbocycles. The zero-order valence-electron chi connectivity index (χ0n) is 7.17. The van der Waals surface area contributed by atoms with Crippen molar-refractivity contribution >= 4 is 11.8 Å². The summed E-state index contributed by atoms with van der Waals surface area (Å²) in [5, 5.41) is 2.39. The number of hydrogen-bond donors (Lipinski definition) is 1. The molecule has 1 saturated heterocycles. The van der Waals surface area contributed by atoms with Gasteiger partial charge in [-0.1, -0.05) is 13.3 Å². The van der Waals surface area contributed by atoms with E-state index < -0.39 is 0 Å². The molecule has 2 fully saturated rings. The topological polar surface area (TPSA) is 46.2 Å². The van der Waals surface area contributed by atoms with Crippen molar-refractivity contribution in [2.24, 2.45) is 17.8 Å². The van der Waals surface area contributed by atoms with E-state index in [4.69, 9.17) is 0 Å². The van der Waals surface area contributed by atoms with Gasteiger partial charge in [-0.2, -0.15) is 0 Å². The van der Waals surface area contributed by atoms with Crippen molar-refractivity contribution in [3.8, 4) is 0 Å². The minimum Gasteiger partial charge on any atom is -0.296 e. The van der Waals surface area contributed by atoms with Crippen molar-refractivity contribution in [3.63, 3.8) is 0 Å². The molecule has 0 radical (unpaired) electrons. The number of imide groups is 1. The van der Waals surface area contributed by atoms with E-state index in [0.717, 1.165) is 12.8 Å². The standard InChI is InChI=1S/C9H13NO2/c1-5-7(6-3-2-4-6)9(12)10-8(5)11/h5-7H,2-4H2,1H3,(H,10,11,12). The Labute approximate surface area is 71.5 Å². The summed E-state index contributed by atoms with van der Waals surface area (Å²) in [6.45, 7) is 1.85. The van der Waals surface area contributed by atoms with E-state index in [1.165, 1.54) is 6.42 Å². The van der Waals surface area contributed by atoms with Crippen LogP contribution in [0.2, 0.25) is 0 Å². The molecule has 0 aromatic rings.